The molecule has 17 heavy (non-hydrogen) atoms. The molecule has 1 aliphatic carbocycles. The standard InChI is InChI=1S/C12H12N2O3/c15-12(13-10-6-7-10)8-5-9-3-1-2-4-11(9)14(16)17/h1-5,8,10H,6-7H2,(H,13,15). The topological polar surface area (TPSA) is 72.2 Å². The van der Waals surface area contributed by atoms with Gasteiger partial charge in [-0.1, -0.05) is 12.1 Å². The molecule has 1 amide bonds. The van der Waals surface area contributed by atoms with Crippen molar-refractivity contribution >= 4 is 17.7 Å². The van der Waals surface area contributed by atoms with Crippen LogP contribution in [0.1, 0.15) is 18.4 Å². The molecule has 1 fully saturated rings. The molecule has 0 heterocycles. The van der Waals surface area contributed by atoms with Gasteiger partial charge in [0.15, 0.2) is 0 Å². The third-order valence-corrected chi connectivity index (χ3v) is 2.47. The fourth-order valence-electron chi connectivity index (χ4n) is 1.44. The zero-order valence-corrected chi connectivity index (χ0v) is 9.13. The van der Waals surface area contributed by atoms with Crippen LogP contribution in [0.4, 0.5) is 5.69 Å². The Morgan fingerprint density at radius 1 is 1.41 bits per heavy atom. The van der Waals surface area contributed by atoms with Crippen LogP contribution in [-0.4, -0.2) is 16.9 Å². The van der Waals surface area contributed by atoms with Crippen molar-refractivity contribution < 1.29 is 9.72 Å². The van der Waals surface area contributed by atoms with E-state index < -0.39 is 4.92 Å². The van der Waals surface area contributed by atoms with Crippen LogP contribution >= 0.6 is 0 Å². The molecule has 0 saturated heterocycles. The van der Waals surface area contributed by atoms with Crippen molar-refractivity contribution in [2.24, 2.45) is 0 Å². The number of nitro groups is 1. The molecular weight excluding hydrogens is 220 g/mol. The Morgan fingerprint density at radius 3 is 2.76 bits per heavy atom. The second-order valence-corrected chi connectivity index (χ2v) is 3.93. The first-order chi connectivity index (χ1) is 8.16. The highest BCUT2D eigenvalue weighted by Gasteiger charge is 2.22. The van der Waals surface area contributed by atoms with E-state index in [1.54, 1.807) is 18.2 Å². The van der Waals surface area contributed by atoms with Crippen molar-refractivity contribution in [2.75, 3.05) is 0 Å². The predicted molar refractivity (Wildman–Crippen MR) is 63.3 cm³/mol. The largest absolute Gasteiger partial charge is 0.350 e. The Balaban J connectivity index is 2.08. The molecule has 0 aromatic heterocycles. The summed E-state index contributed by atoms with van der Waals surface area (Å²) in [5.74, 6) is -0.203. The van der Waals surface area contributed by atoms with Crippen LogP contribution < -0.4 is 5.32 Å². The Kier molecular flexibility index (Phi) is 3.18. The molecule has 88 valence electrons. The van der Waals surface area contributed by atoms with Crippen molar-refractivity contribution in [3.05, 3.63) is 46.0 Å². The molecular formula is C12H12N2O3. The molecule has 0 unspecified atom stereocenters. The number of benzene rings is 1. The number of nitrogens with zero attached hydrogens (tertiary/aromatic N) is 1. The van der Waals surface area contributed by atoms with Crippen LogP contribution in [0.15, 0.2) is 30.3 Å². The van der Waals surface area contributed by atoms with E-state index in [0.29, 0.717) is 5.56 Å². The Bertz CT molecular complexity index is 478. The van der Waals surface area contributed by atoms with E-state index in [1.807, 2.05) is 0 Å². The normalized spacial score (nSPS) is 14.8. The van der Waals surface area contributed by atoms with Crippen LogP contribution in [-0.2, 0) is 4.79 Å². The van der Waals surface area contributed by atoms with Crippen molar-refractivity contribution in [3.8, 4) is 0 Å². The molecule has 0 aliphatic heterocycles. The molecule has 0 spiro atoms. The number of rotatable bonds is 4. The zero-order valence-electron chi connectivity index (χ0n) is 9.13. The van der Waals surface area contributed by atoms with Crippen molar-refractivity contribution in [2.45, 2.75) is 18.9 Å². The quantitative estimate of drug-likeness (QED) is 0.489. The molecule has 5 heteroatoms. The fraction of sp³-hybridized carbons (Fsp3) is 0.250. The minimum atomic E-state index is -0.460. The zero-order chi connectivity index (χ0) is 12.3. The second-order valence-electron chi connectivity index (χ2n) is 3.93. The summed E-state index contributed by atoms with van der Waals surface area (Å²) in [7, 11) is 0. The summed E-state index contributed by atoms with van der Waals surface area (Å²) in [5, 5.41) is 13.5. The molecule has 0 bridgehead atoms. The average Bonchev–Trinajstić information content (AvgIpc) is 3.10. The Hall–Kier alpha value is -2.17. The summed E-state index contributed by atoms with van der Waals surface area (Å²) in [6.45, 7) is 0. The van der Waals surface area contributed by atoms with E-state index in [9.17, 15) is 14.9 Å². The van der Waals surface area contributed by atoms with E-state index in [-0.39, 0.29) is 17.6 Å². The van der Waals surface area contributed by atoms with E-state index in [4.69, 9.17) is 0 Å². The smallest absolute Gasteiger partial charge is 0.276 e. The van der Waals surface area contributed by atoms with Gasteiger partial charge in [0.2, 0.25) is 5.91 Å². The van der Waals surface area contributed by atoms with E-state index in [0.717, 1.165) is 12.8 Å². The lowest BCUT2D eigenvalue weighted by atomic mass is 10.1. The summed E-state index contributed by atoms with van der Waals surface area (Å²) >= 11 is 0. The molecule has 0 atom stereocenters. The molecule has 2 rings (SSSR count). The molecule has 1 aliphatic rings. The van der Waals surface area contributed by atoms with Gasteiger partial charge in [-0.15, -0.1) is 0 Å². The molecule has 1 saturated carbocycles. The lowest BCUT2D eigenvalue weighted by Crippen LogP contribution is -2.22. The van der Waals surface area contributed by atoms with Crippen LogP contribution in [0.2, 0.25) is 0 Å². The number of para-hydroxylation sites is 1. The van der Waals surface area contributed by atoms with Crippen LogP contribution in [0.5, 0.6) is 0 Å². The van der Waals surface area contributed by atoms with Crippen molar-refractivity contribution in [3.63, 3.8) is 0 Å². The molecule has 1 aromatic rings. The van der Waals surface area contributed by atoms with Gasteiger partial charge in [0.25, 0.3) is 5.69 Å². The predicted octanol–water partition coefficient (Wildman–Crippen LogP) is 1.89. The van der Waals surface area contributed by atoms with Gasteiger partial charge in [-0.25, -0.2) is 0 Å². The van der Waals surface area contributed by atoms with Gasteiger partial charge >= 0.3 is 0 Å². The van der Waals surface area contributed by atoms with Gasteiger partial charge in [-0.2, -0.15) is 0 Å². The van der Waals surface area contributed by atoms with E-state index >= 15 is 0 Å². The van der Waals surface area contributed by atoms with Crippen LogP contribution in [0.25, 0.3) is 6.08 Å². The maximum Gasteiger partial charge on any atom is 0.276 e. The van der Waals surface area contributed by atoms with E-state index in [2.05, 4.69) is 5.32 Å². The van der Waals surface area contributed by atoms with E-state index in [1.165, 1.54) is 18.2 Å². The number of hydrogen-bond donors (Lipinski definition) is 1. The number of amides is 1. The highest BCUT2D eigenvalue weighted by molar-refractivity contribution is 5.92. The third kappa shape index (κ3) is 3.14. The Labute approximate surface area is 98.3 Å². The summed E-state index contributed by atoms with van der Waals surface area (Å²) in [6.07, 6.45) is 4.84. The van der Waals surface area contributed by atoms with Gasteiger partial charge in [-0.05, 0) is 25.0 Å². The molecule has 1 N–H and O–H groups in total. The maximum absolute atomic E-state index is 11.4. The van der Waals surface area contributed by atoms with Crippen LogP contribution in [0, 0.1) is 10.1 Å². The van der Waals surface area contributed by atoms with Gasteiger partial charge in [0, 0.05) is 18.2 Å². The van der Waals surface area contributed by atoms with Crippen molar-refractivity contribution in [1.29, 1.82) is 0 Å². The second kappa shape index (κ2) is 4.78. The highest BCUT2D eigenvalue weighted by atomic mass is 16.6. The maximum atomic E-state index is 11.4. The molecule has 1 aromatic carbocycles. The fourth-order valence-corrected chi connectivity index (χ4v) is 1.44. The van der Waals surface area contributed by atoms with Gasteiger partial charge in [-0.3, -0.25) is 14.9 Å². The van der Waals surface area contributed by atoms with Gasteiger partial charge in [0.05, 0.1) is 10.5 Å². The molecule has 0 radical (unpaired) electrons. The third-order valence-electron chi connectivity index (χ3n) is 2.47. The highest BCUT2D eigenvalue weighted by Crippen LogP contribution is 2.20. The first-order valence-corrected chi connectivity index (χ1v) is 5.39. The average molecular weight is 232 g/mol. The first-order valence-electron chi connectivity index (χ1n) is 5.39. The molecule has 5 nitrogen and oxygen atoms in total. The number of hydrogen-bond acceptors (Lipinski definition) is 3. The van der Waals surface area contributed by atoms with Crippen molar-refractivity contribution in [1.82, 2.24) is 5.32 Å². The Morgan fingerprint density at radius 2 is 2.12 bits per heavy atom. The van der Waals surface area contributed by atoms with Gasteiger partial charge < -0.3 is 5.32 Å². The number of carbonyl (C=O) groups excluding carboxylic acids is 1. The van der Waals surface area contributed by atoms with Crippen LogP contribution in [0.3, 0.4) is 0 Å². The monoisotopic (exact) mass is 232 g/mol. The lowest BCUT2D eigenvalue weighted by molar-refractivity contribution is -0.385. The minimum absolute atomic E-state index is 0.00275. The summed E-state index contributed by atoms with van der Waals surface area (Å²) in [6, 6.07) is 6.61. The van der Waals surface area contributed by atoms with Gasteiger partial charge in [0.1, 0.15) is 0 Å². The minimum Gasteiger partial charge on any atom is -0.350 e. The number of nitrogens with one attached hydrogen (secondary N) is 1. The summed E-state index contributed by atoms with van der Waals surface area (Å²) in [5.41, 5.74) is 0.436. The first kappa shape index (κ1) is 11.3. The summed E-state index contributed by atoms with van der Waals surface area (Å²) < 4.78 is 0. The SMILES string of the molecule is O=C(C=Cc1ccccc1[N+](=O)[O-])NC1CC1. The lowest BCUT2D eigenvalue weighted by Gasteiger charge is -1.98. The summed E-state index contributed by atoms with van der Waals surface area (Å²) in [4.78, 5) is 21.6. The number of carbonyl (C=O) groups is 1. The number of nitro benzene ring substituents is 1.